The van der Waals surface area contributed by atoms with Crippen molar-refractivity contribution in [3.8, 4) is 17.1 Å². The quantitative estimate of drug-likeness (QED) is 0.716. The highest BCUT2D eigenvalue weighted by Crippen LogP contribution is 2.38. The molecule has 1 fully saturated rings. The second-order valence-electron chi connectivity index (χ2n) is 7.12. The number of hydrogen-bond donors (Lipinski definition) is 2. The van der Waals surface area contributed by atoms with Crippen molar-refractivity contribution >= 4 is 22.6 Å². The van der Waals surface area contributed by atoms with Gasteiger partial charge < -0.3 is 20.4 Å². The number of ether oxygens (including phenoxy) is 1. The molecular formula is C19H20N6O2. The van der Waals surface area contributed by atoms with Crippen molar-refractivity contribution in [2.75, 3.05) is 11.9 Å². The number of rotatable bonds is 5. The summed E-state index contributed by atoms with van der Waals surface area (Å²) in [6, 6.07) is 3.54. The molecular weight excluding hydrogens is 344 g/mol. The van der Waals surface area contributed by atoms with Crippen LogP contribution in [0.15, 0.2) is 30.9 Å². The SMILES string of the molecule is NC(=O)[C@@H](Nc1cc2c3c(c1)nc(-c1cncnc1)n3CCCO2)C1CC1. The molecule has 0 saturated heterocycles. The fourth-order valence-corrected chi connectivity index (χ4v) is 3.71. The Kier molecular flexibility index (Phi) is 3.70. The normalized spacial score (nSPS) is 17.2. The molecule has 0 unspecified atom stereocenters. The number of carbonyl (C=O) groups is 1. The number of nitrogens with two attached hydrogens (primary N) is 1. The summed E-state index contributed by atoms with van der Waals surface area (Å²) in [6.07, 6.45) is 7.97. The van der Waals surface area contributed by atoms with E-state index in [1.807, 2.05) is 12.1 Å². The maximum Gasteiger partial charge on any atom is 0.240 e. The topological polar surface area (TPSA) is 108 Å². The molecule has 1 amide bonds. The summed E-state index contributed by atoms with van der Waals surface area (Å²) >= 11 is 0. The van der Waals surface area contributed by atoms with Gasteiger partial charge in [0.25, 0.3) is 0 Å². The van der Waals surface area contributed by atoms with E-state index in [0.29, 0.717) is 12.5 Å². The van der Waals surface area contributed by atoms with Gasteiger partial charge in [-0.3, -0.25) is 4.79 Å². The number of carbonyl (C=O) groups excluding carboxylic acids is 1. The van der Waals surface area contributed by atoms with Crippen LogP contribution in [0.2, 0.25) is 0 Å². The molecule has 8 heteroatoms. The van der Waals surface area contributed by atoms with E-state index in [-0.39, 0.29) is 11.9 Å². The Morgan fingerprint density at radius 3 is 2.85 bits per heavy atom. The molecule has 2 aliphatic rings. The van der Waals surface area contributed by atoms with Crippen molar-refractivity contribution in [3.63, 3.8) is 0 Å². The average Bonchev–Trinajstić information content (AvgIpc) is 3.47. The number of nitrogens with one attached hydrogen (secondary N) is 1. The Morgan fingerprint density at radius 1 is 1.30 bits per heavy atom. The molecule has 0 radical (unpaired) electrons. The number of anilines is 1. The van der Waals surface area contributed by atoms with Crippen molar-refractivity contribution in [2.45, 2.75) is 31.8 Å². The number of primary amides is 1. The Bertz CT molecular complexity index is 1010. The molecule has 27 heavy (non-hydrogen) atoms. The van der Waals surface area contributed by atoms with Gasteiger partial charge in [0.2, 0.25) is 5.91 Å². The van der Waals surface area contributed by atoms with Gasteiger partial charge in [-0.25, -0.2) is 15.0 Å². The van der Waals surface area contributed by atoms with Crippen LogP contribution in [0.25, 0.3) is 22.4 Å². The van der Waals surface area contributed by atoms with Gasteiger partial charge in [0.05, 0.1) is 17.7 Å². The monoisotopic (exact) mass is 364 g/mol. The standard InChI is InChI=1S/C19H20N6O2/c20-18(26)16(11-2-3-11)23-13-6-14-17-15(7-13)27-5-1-4-25(17)19(24-14)12-8-21-10-22-9-12/h6-11,16,23H,1-5H2,(H2,20,26)/t16-/m0/s1. The first-order chi connectivity index (χ1) is 13.2. The highest BCUT2D eigenvalue weighted by Gasteiger charge is 2.35. The number of benzene rings is 1. The number of hydrogen-bond acceptors (Lipinski definition) is 6. The molecule has 3 heterocycles. The summed E-state index contributed by atoms with van der Waals surface area (Å²) in [4.78, 5) is 24.9. The lowest BCUT2D eigenvalue weighted by Crippen LogP contribution is -2.37. The van der Waals surface area contributed by atoms with Gasteiger partial charge in [0, 0.05) is 30.7 Å². The van der Waals surface area contributed by atoms with Gasteiger partial charge in [0.15, 0.2) is 0 Å². The van der Waals surface area contributed by atoms with Crippen LogP contribution in [0, 0.1) is 5.92 Å². The van der Waals surface area contributed by atoms with Crippen LogP contribution < -0.4 is 15.8 Å². The van der Waals surface area contributed by atoms with Gasteiger partial charge >= 0.3 is 0 Å². The first-order valence-electron chi connectivity index (χ1n) is 9.19. The van der Waals surface area contributed by atoms with E-state index in [9.17, 15) is 4.79 Å². The maximum atomic E-state index is 11.8. The van der Waals surface area contributed by atoms with Crippen LogP contribution in [-0.4, -0.2) is 38.1 Å². The van der Waals surface area contributed by atoms with Gasteiger partial charge in [-0.15, -0.1) is 0 Å². The first-order valence-corrected chi connectivity index (χ1v) is 9.19. The highest BCUT2D eigenvalue weighted by molar-refractivity contribution is 5.91. The highest BCUT2D eigenvalue weighted by atomic mass is 16.5. The molecule has 138 valence electrons. The third-order valence-corrected chi connectivity index (χ3v) is 5.13. The molecule has 0 spiro atoms. The fourth-order valence-electron chi connectivity index (χ4n) is 3.71. The van der Waals surface area contributed by atoms with Crippen LogP contribution in [0.4, 0.5) is 5.69 Å². The summed E-state index contributed by atoms with van der Waals surface area (Å²) < 4.78 is 8.14. The van der Waals surface area contributed by atoms with Gasteiger partial charge in [-0.1, -0.05) is 0 Å². The van der Waals surface area contributed by atoms with Crippen LogP contribution in [-0.2, 0) is 11.3 Å². The van der Waals surface area contributed by atoms with E-state index in [0.717, 1.165) is 59.7 Å². The van der Waals surface area contributed by atoms with E-state index in [1.54, 1.807) is 12.4 Å². The molecule has 0 bridgehead atoms. The third kappa shape index (κ3) is 2.87. The molecule has 1 atom stereocenters. The molecule has 3 N–H and O–H groups in total. The predicted molar refractivity (Wildman–Crippen MR) is 100 cm³/mol. The van der Waals surface area contributed by atoms with Crippen molar-refractivity contribution in [1.29, 1.82) is 0 Å². The van der Waals surface area contributed by atoms with E-state index in [4.69, 9.17) is 15.5 Å². The lowest BCUT2D eigenvalue weighted by atomic mass is 10.1. The van der Waals surface area contributed by atoms with Crippen LogP contribution in [0.3, 0.4) is 0 Å². The Morgan fingerprint density at radius 2 is 2.11 bits per heavy atom. The lowest BCUT2D eigenvalue weighted by Gasteiger charge is -2.17. The van der Waals surface area contributed by atoms with Crippen LogP contribution in [0.5, 0.6) is 5.75 Å². The number of imidazole rings is 1. The molecule has 1 aromatic carbocycles. The zero-order valence-electron chi connectivity index (χ0n) is 14.8. The summed E-state index contributed by atoms with van der Waals surface area (Å²) in [5, 5.41) is 3.29. The van der Waals surface area contributed by atoms with Crippen LogP contribution >= 0.6 is 0 Å². The minimum Gasteiger partial charge on any atom is -0.491 e. The second-order valence-corrected chi connectivity index (χ2v) is 7.12. The molecule has 2 aromatic heterocycles. The molecule has 5 rings (SSSR count). The number of aromatic nitrogens is 4. The van der Waals surface area contributed by atoms with Crippen molar-refractivity contribution < 1.29 is 9.53 Å². The molecule has 1 saturated carbocycles. The van der Waals surface area contributed by atoms with Crippen molar-refractivity contribution in [1.82, 2.24) is 19.5 Å². The van der Waals surface area contributed by atoms with E-state index in [1.165, 1.54) is 6.33 Å². The number of amides is 1. The maximum absolute atomic E-state index is 11.8. The molecule has 1 aliphatic carbocycles. The zero-order chi connectivity index (χ0) is 18.4. The second kappa shape index (κ2) is 6.22. The molecule has 8 nitrogen and oxygen atoms in total. The fraction of sp³-hybridized carbons (Fsp3) is 0.368. The summed E-state index contributed by atoms with van der Waals surface area (Å²) in [7, 11) is 0. The van der Waals surface area contributed by atoms with Crippen molar-refractivity contribution in [2.24, 2.45) is 11.7 Å². The number of aryl methyl sites for hydroxylation is 1. The predicted octanol–water partition coefficient (Wildman–Crippen LogP) is 1.95. The van der Waals surface area contributed by atoms with Gasteiger partial charge in [-0.05, 0) is 31.2 Å². The minimum absolute atomic E-state index is 0.313. The van der Waals surface area contributed by atoms with Crippen molar-refractivity contribution in [3.05, 3.63) is 30.9 Å². The number of nitrogens with zero attached hydrogens (tertiary/aromatic N) is 4. The summed E-state index contributed by atoms with van der Waals surface area (Å²) in [5.41, 5.74) is 9.02. The summed E-state index contributed by atoms with van der Waals surface area (Å²) in [6.45, 7) is 1.44. The Hall–Kier alpha value is -3.16. The smallest absolute Gasteiger partial charge is 0.240 e. The Balaban J connectivity index is 1.62. The third-order valence-electron chi connectivity index (χ3n) is 5.13. The zero-order valence-corrected chi connectivity index (χ0v) is 14.8. The van der Waals surface area contributed by atoms with Gasteiger partial charge in [-0.2, -0.15) is 0 Å². The van der Waals surface area contributed by atoms with E-state index >= 15 is 0 Å². The average molecular weight is 364 g/mol. The van der Waals surface area contributed by atoms with E-state index < -0.39 is 0 Å². The van der Waals surface area contributed by atoms with Gasteiger partial charge in [0.1, 0.15) is 29.5 Å². The molecule has 1 aliphatic heterocycles. The van der Waals surface area contributed by atoms with E-state index in [2.05, 4.69) is 19.9 Å². The minimum atomic E-state index is -0.357. The lowest BCUT2D eigenvalue weighted by molar-refractivity contribution is -0.119. The largest absolute Gasteiger partial charge is 0.491 e. The van der Waals surface area contributed by atoms with Crippen LogP contribution in [0.1, 0.15) is 19.3 Å². The summed E-state index contributed by atoms with van der Waals surface area (Å²) in [5.74, 6) is 1.58. The molecule has 3 aromatic rings. The first kappa shape index (κ1) is 16.0. The Labute approximate surface area is 155 Å².